The molecular formula is C28H21BrN4O7S3. The largest absolute Gasteiger partial charge is 0.484 e. The molecule has 2 aliphatic heterocycles. The SMILES string of the molecule is NS(=O)(=O)c1ccc(NC(=O)COc2ccc(C3c4sc(=O)[nH]c4SC4C(=O)N(c5ccc(Br)cc5)C(=O)C43)cc2)cc1. The highest BCUT2D eigenvalue weighted by Gasteiger charge is 2.56. The van der Waals surface area contributed by atoms with Crippen LogP contribution in [0, 0.1) is 5.92 Å². The van der Waals surface area contributed by atoms with Gasteiger partial charge in [0.1, 0.15) is 11.0 Å². The number of carbonyl (C=O) groups excluding carboxylic acids is 3. The van der Waals surface area contributed by atoms with Gasteiger partial charge in [-0.1, -0.05) is 51.2 Å². The molecule has 4 aromatic rings. The van der Waals surface area contributed by atoms with Crippen molar-refractivity contribution in [3.05, 3.63) is 97.4 Å². The van der Waals surface area contributed by atoms with Crippen molar-refractivity contribution in [2.75, 3.05) is 16.8 Å². The first-order valence-electron chi connectivity index (χ1n) is 12.7. The molecule has 4 N–H and O–H groups in total. The van der Waals surface area contributed by atoms with Crippen molar-refractivity contribution in [1.29, 1.82) is 0 Å². The Hall–Kier alpha value is -3.76. The van der Waals surface area contributed by atoms with Crippen molar-refractivity contribution in [3.63, 3.8) is 0 Å². The van der Waals surface area contributed by atoms with Crippen LogP contribution in [0.25, 0.3) is 0 Å². The monoisotopic (exact) mass is 700 g/mol. The lowest BCUT2D eigenvalue weighted by molar-refractivity contribution is -0.122. The number of hydrogen-bond acceptors (Lipinski definition) is 9. The molecule has 1 saturated heterocycles. The highest BCUT2D eigenvalue weighted by atomic mass is 79.9. The predicted molar refractivity (Wildman–Crippen MR) is 165 cm³/mol. The summed E-state index contributed by atoms with van der Waals surface area (Å²) in [6.07, 6.45) is 0. The average Bonchev–Trinajstić information content (AvgIpc) is 3.46. The molecule has 0 saturated carbocycles. The molecule has 220 valence electrons. The number of thiazole rings is 1. The van der Waals surface area contributed by atoms with Gasteiger partial charge in [0, 0.05) is 21.0 Å². The van der Waals surface area contributed by atoms with Crippen molar-refractivity contribution in [2.45, 2.75) is 21.1 Å². The summed E-state index contributed by atoms with van der Waals surface area (Å²) < 4.78 is 29.2. The van der Waals surface area contributed by atoms with Crippen LogP contribution in [0.3, 0.4) is 0 Å². The molecule has 6 rings (SSSR count). The third-order valence-corrected chi connectivity index (χ3v) is 10.8. The Morgan fingerprint density at radius 3 is 2.30 bits per heavy atom. The maximum Gasteiger partial charge on any atom is 0.305 e. The second-order valence-corrected chi connectivity index (χ2v) is 14.4. The lowest BCUT2D eigenvalue weighted by Crippen LogP contribution is -2.32. The second-order valence-electron chi connectivity index (χ2n) is 9.71. The number of primary sulfonamides is 1. The normalized spacial score (nSPS) is 19.6. The van der Waals surface area contributed by atoms with Gasteiger partial charge in [-0.2, -0.15) is 0 Å². The number of imide groups is 1. The molecule has 3 atom stereocenters. The summed E-state index contributed by atoms with van der Waals surface area (Å²) in [5.74, 6) is -2.02. The van der Waals surface area contributed by atoms with Gasteiger partial charge in [0.15, 0.2) is 6.61 Å². The molecule has 1 fully saturated rings. The first-order valence-corrected chi connectivity index (χ1v) is 16.7. The highest BCUT2D eigenvalue weighted by molar-refractivity contribution is 9.10. The van der Waals surface area contributed by atoms with Crippen molar-refractivity contribution in [1.82, 2.24) is 4.98 Å². The van der Waals surface area contributed by atoms with Gasteiger partial charge in [-0.3, -0.25) is 19.2 Å². The second kappa shape index (κ2) is 11.4. The fraction of sp³-hybridized carbons (Fsp3) is 0.143. The summed E-state index contributed by atoms with van der Waals surface area (Å²) in [6.45, 7) is -0.320. The Morgan fingerprint density at radius 1 is 0.977 bits per heavy atom. The number of nitrogens with one attached hydrogen (secondary N) is 2. The summed E-state index contributed by atoms with van der Waals surface area (Å²) >= 11 is 5.60. The molecule has 3 heterocycles. The van der Waals surface area contributed by atoms with E-state index in [0.29, 0.717) is 27.0 Å². The van der Waals surface area contributed by atoms with Crippen LogP contribution in [-0.2, 0) is 24.4 Å². The first-order chi connectivity index (χ1) is 20.5. The number of carbonyl (C=O) groups is 3. The van der Waals surface area contributed by atoms with Crippen molar-refractivity contribution >= 4 is 78.1 Å². The van der Waals surface area contributed by atoms with Crippen LogP contribution in [0.5, 0.6) is 5.75 Å². The zero-order valence-electron chi connectivity index (χ0n) is 21.9. The molecule has 3 amide bonds. The smallest absolute Gasteiger partial charge is 0.305 e. The van der Waals surface area contributed by atoms with E-state index in [1.54, 1.807) is 48.5 Å². The van der Waals surface area contributed by atoms with Crippen LogP contribution in [0.15, 0.2) is 92.0 Å². The van der Waals surface area contributed by atoms with Crippen molar-refractivity contribution < 1.29 is 27.5 Å². The van der Waals surface area contributed by atoms with E-state index in [0.717, 1.165) is 21.4 Å². The van der Waals surface area contributed by atoms with Gasteiger partial charge in [0.2, 0.25) is 21.8 Å². The highest BCUT2D eigenvalue weighted by Crippen LogP contribution is 2.53. The molecule has 3 unspecified atom stereocenters. The van der Waals surface area contributed by atoms with Gasteiger partial charge in [0.25, 0.3) is 5.91 Å². The van der Waals surface area contributed by atoms with Gasteiger partial charge >= 0.3 is 4.87 Å². The number of amides is 3. The molecule has 3 aromatic carbocycles. The third-order valence-electron chi connectivity index (χ3n) is 6.98. The lowest BCUT2D eigenvalue weighted by Gasteiger charge is -2.29. The summed E-state index contributed by atoms with van der Waals surface area (Å²) in [4.78, 5) is 56.4. The number of rotatable bonds is 7. The van der Waals surface area contributed by atoms with Crippen LogP contribution in [0.1, 0.15) is 16.4 Å². The van der Waals surface area contributed by atoms with Crippen LogP contribution in [-0.4, -0.2) is 43.0 Å². The summed E-state index contributed by atoms with van der Waals surface area (Å²) in [5, 5.41) is 7.57. The van der Waals surface area contributed by atoms with Crippen LogP contribution < -0.4 is 25.0 Å². The van der Waals surface area contributed by atoms with E-state index in [4.69, 9.17) is 9.88 Å². The Morgan fingerprint density at radius 2 is 1.65 bits per heavy atom. The lowest BCUT2D eigenvalue weighted by atomic mass is 9.83. The molecule has 0 bridgehead atoms. The summed E-state index contributed by atoms with van der Waals surface area (Å²) in [6, 6.07) is 19.2. The summed E-state index contributed by atoms with van der Waals surface area (Å²) in [7, 11) is -3.84. The van der Waals surface area contributed by atoms with Gasteiger partial charge in [-0.25, -0.2) is 18.5 Å². The number of thioether (sulfide) groups is 1. The van der Waals surface area contributed by atoms with Crippen molar-refractivity contribution in [2.24, 2.45) is 11.1 Å². The first kappa shape index (κ1) is 29.3. The maximum atomic E-state index is 13.8. The quantitative estimate of drug-likeness (QED) is 0.246. The molecule has 0 radical (unpaired) electrons. The third kappa shape index (κ3) is 5.78. The van der Waals surface area contributed by atoms with E-state index in [9.17, 15) is 27.6 Å². The molecule has 15 heteroatoms. The fourth-order valence-corrected chi connectivity index (χ4v) is 8.36. The molecule has 1 aromatic heterocycles. The molecule has 43 heavy (non-hydrogen) atoms. The van der Waals surface area contributed by atoms with Crippen LogP contribution in [0.4, 0.5) is 11.4 Å². The number of benzene rings is 3. The Labute approximate surface area is 261 Å². The minimum Gasteiger partial charge on any atom is -0.484 e. The van der Waals surface area contributed by atoms with E-state index >= 15 is 0 Å². The minimum absolute atomic E-state index is 0.0755. The van der Waals surface area contributed by atoms with E-state index < -0.39 is 33.0 Å². The molecule has 2 aliphatic rings. The maximum absolute atomic E-state index is 13.8. The van der Waals surface area contributed by atoms with E-state index in [2.05, 4.69) is 26.2 Å². The van der Waals surface area contributed by atoms with Gasteiger partial charge < -0.3 is 15.0 Å². The number of fused-ring (bicyclic) bond motifs is 2. The number of sulfonamides is 1. The zero-order valence-corrected chi connectivity index (χ0v) is 25.9. The number of H-pyrrole nitrogens is 1. The average molecular weight is 702 g/mol. The topological polar surface area (TPSA) is 169 Å². The predicted octanol–water partition coefficient (Wildman–Crippen LogP) is 3.66. The van der Waals surface area contributed by atoms with Crippen molar-refractivity contribution in [3.8, 4) is 5.75 Å². The van der Waals surface area contributed by atoms with Crippen LogP contribution >= 0.6 is 39.0 Å². The van der Waals surface area contributed by atoms with Gasteiger partial charge in [0.05, 0.1) is 21.5 Å². The number of halogens is 1. The number of aromatic amines is 1. The number of ether oxygens (including phenoxy) is 1. The Balaban J connectivity index is 1.20. The zero-order chi connectivity index (χ0) is 30.5. The van der Waals surface area contributed by atoms with E-state index in [1.165, 1.54) is 40.9 Å². The number of anilines is 2. The van der Waals surface area contributed by atoms with Gasteiger partial charge in [-0.15, -0.1) is 0 Å². The van der Waals surface area contributed by atoms with E-state index in [-0.39, 0.29) is 28.2 Å². The number of hydrogen-bond donors (Lipinski definition) is 3. The standard InChI is InChI=1S/C28H21BrN4O7S3/c29-15-3-7-17(8-4-15)33-26(35)22-21(23-25(32-28(37)42-23)41-24(22)27(33)36)14-1-9-18(10-2-14)40-13-20(34)31-16-5-11-19(12-6-16)43(30,38)39/h1-12,21-22,24H,13H2,(H,31,34)(H,32,37)(H2,30,38,39). The van der Waals surface area contributed by atoms with Gasteiger partial charge in [-0.05, 0) is 66.2 Å². The Bertz CT molecular complexity index is 1910. The summed E-state index contributed by atoms with van der Waals surface area (Å²) in [5.41, 5.74) is 1.57. The Kier molecular flexibility index (Phi) is 7.76. The number of aromatic nitrogens is 1. The van der Waals surface area contributed by atoms with Crippen LogP contribution in [0.2, 0.25) is 0 Å². The molecule has 11 nitrogen and oxygen atoms in total. The molecular weight excluding hydrogens is 680 g/mol. The van der Waals surface area contributed by atoms with E-state index in [1.807, 2.05) is 0 Å². The molecule has 0 spiro atoms. The fourth-order valence-electron chi connectivity index (χ4n) is 5.07. The number of nitrogens with two attached hydrogens (primary N) is 1. The number of nitrogens with zero attached hydrogens (tertiary/aromatic N) is 1. The minimum atomic E-state index is -3.84. The molecule has 0 aliphatic carbocycles.